The Morgan fingerprint density at radius 1 is 1.24 bits per heavy atom. The number of carbonyl (C=O) groups is 1. The molecule has 5 rings (SSSR count). The van der Waals surface area contributed by atoms with Gasteiger partial charge in [-0.2, -0.15) is 5.10 Å². The van der Waals surface area contributed by atoms with E-state index in [0.29, 0.717) is 42.3 Å². The fraction of sp³-hybridized carbons (Fsp3) is 0.552. The van der Waals surface area contributed by atoms with Crippen molar-refractivity contribution in [2.45, 2.75) is 90.7 Å². The minimum atomic E-state index is -0.615. The van der Waals surface area contributed by atoms with E-state index < -0.39 is 22.9 Å². The van der Waals surface area contributed by atoms with Crippen LogP contribution < -0.4 is 0 Å². The zero-order valence-corrected chi connectivity index (χ0v) is 24.5. The van der Waals surface area contributed by atoms with E-state index in [1.807, 2.05) is 50.1 Å². The van der Waals surface area contributed by atoms with Crippen LogP contribution in [-0.4, -0.2) is 64.5 Å². The summed E-state index contributed by atoms with van der Waals surface area (Å²) in [6.07, 6.45) is 5.53. The molecular formula is C29H38FN7O4. The largest absolute Gasteiger partial charge is 0.482 e. The number of aliphatic hydroxyl groups excluding tert-OH is 1. The van der Waals surface area contributed by atoms with Gasteiger partial charge in [0.15, 0.2) is 0 Å². The van der Waals surface area contributed by atoms with Gasteiger partial charge in [0.25, 0.3) is 0 Å². The number of allylic oxidation sites excluding steroid dienone is 1. The van der Waals surface area contributed by atoms with Crippen LogP contribution in [0.15, 0.2) is 30.6 Å². The number of aromatic nitrogens is 6. The maximum absolute atomic E-state index is 13.4. The summed E-state index contributed by atoms with van der Waals surface area (Å²) in [7, 11) is 0. The standard InChI is InChI=1S/C29H38FN7O4/c1-18-26(33-34-37(18)22-9-11-35(12-10-22)27(39)41-28(3,4)5)29(6)13-24(25-20(16-38)14-32-36(25)17-29)40-19(2)23-8-7-21(30)15-31-23/h7-8,13-15,19,22,38H,9-12,16-17H2,1-6H3/t19-,29?/m1/s1. The topological polar surface area (TPSA) is 120 Å². The number of likely N-dealkylation sites (tertiary alicyclic amines) is 1. The zero-order chi connectivity index (χ0) is 29.5. The van der Waals surface area contributed by atoms with E-state index in [9.17, 15) is 14.3 Å². The number of hydrogen-bond acceptors (Lipinski definition) is 8. The molecule has 11 nitrogen and oxygen atoms in total. The van der Waals surface area contributed by atoms with Crippen LogP contribution in [0.3, 0.4) is 0 Å². The predicted molar refractivity (Wildman–Crippen MR) is 148 cm³/mol. The molecular weight excluding hydrogens is 529 g/mol. The van der Waals surface area contributed by atoms with Crippen LogP contribution in [0.5, 0.6) is 0 Å². The minimum Gasteiger partial charge on any atom is -0.482 e. The molecule has 0 bridgehead atoms. The fourth-order valence-electron chi connectivity index (χ4n) is 5.61. The Hall–Kier alpha value is -3.80. The van der Waals surface area contributed by atoms with Crippen LogP contribution in [0.2, 0.25) is 0 Å². The molecule has 3 aromatic heterocycles. The van der Waals surface area contributed by atoms with E-state index in [1.165, 1.54) is 6.07 Å². The number of carbonyl (C=O) groups excluding carboxylic acids is 1. The van der Waals surface area contributed by atoms with E-state index >= 15 is 0 Å². The normalized spacial score (nSPS) is 20.4. The molecule has 1 unspecified atom stereocenters. The van der Waals surface area contributed by atoms with Crippen molar-refractivity contribution in [2.24, 2.45) is 0 Å². The Balaban J connectivity index is 1.39. The summed E-state index contributed by atoms with van der Waals surface area (Å²) in [5, 5.41) is 23.7. The van der Waals surface area contributed by atoms with Gasteiger partial charge >= 0.3 is 6.09 Å². The molecule has 0 spiro atoms. The van der Waals surface area contributed by atoms with Gasteiger partial charge in [-0.1, -0.05) is 5.21 Å². The Bertz CT molecular complexity index is 1430. The molecule has 1 N–H and O–H groups in total. The number of ether oxygens (including phenoxy) is 2. The Morgan fingerprint density at radius 2 is 1.98 bits per heavy atom. The van der Waals surface area contributed by atoms with E-state index in [0.717, 1.165) is 30.4 Å². The molecule has 12 heteroatoms. The molecule has 3 aromatic rings. The molecule has 0 saturated carbocycles. The summed E-state index contributed by atoms with van der Waals surface area (Å²) in [5.41, 5.74) is 2.51. The SMILES string of the molecule is Cc1c(C2(C)C=C(O[C@H](C)c3ccc(F)cn3)c3c(CO)cnn3C2)nnn1C1CCN(C(=O)OC(C)(C)C)CC1. The second kappa shape index (κ2) is 10.9. The maximum atomic E-state index is 13.4. The number of piperidine rings is 1. The quantitative estimate of drug-likeness (QED) is 0.463. The van der Waals surface area contributed by atoms with Gasteiger partial charge in [-0.3, -0.25) is 9.67 Å². The van der Waals surface area contributed by atoms with Gasteiger partial charge in [0.1, 0.15) is 29.0 Å². The van der Waals surface area contributed by atoms with Crippen molar-refractivity contribution in [3.8, 4) is 0 Å². The second-order valence-electron chi connectivity index (χ2n) is 12.1. The Labute approximate surface area is 239 Å². The highest BCUT2D eigenvalue weighted by atomic mass is 19.1. The van der Waals surface area contributed by atoms with E-state index in [4.69, 9.17) is 9.47 Å². The highest BCUT2D eigenvalue weighted by Crippen LogP contribution is 2.40. The lowest BCUT2D eigenvalue weighted by atomic mass is 9.82. The summed E-state index contributed by atoms with van der Waals surface area (Å²) in [4.78, 5) is 18.4. The van der Waals surface area contributed by atoms with Crippen molar-refractivity contribution in [2.75, 3.05) is 13.1 Å². The number of nitrogens with zero attached hydrogens (tertiary/aromatic N) is 7. The fourth-order valence-corrected chi connectivity index (χ4v) is 5.61. The van der Waals surface area contributed by atoms with Crippen molar-refractivity contribution in [3.63, 3.8) is 0 Å². The minimum absolute atomic E-state index is 0.104. The van der Waals surface area contributed by atoms with Crippen molar-refractivity contribution in [3.05, 3.63) is 64.8 Å². The first-order valence-electron chi connectivity index (χ1n) is 14.0. The smallest absolute Gasteiger partial charge is 0.410 e. The maximum Gasteiger partial charge on any atom is 0.410 e. The van der Waals surface area contributed by atoms with Gasteiger partial charge in [0.2, 0.25) is 0 Å². The number of amides is 1. The summed E-state index contributed by atoms with van der Waals surface area (Å²) in [6.45, 7) is 13.0. The lowest BCUT2D eigenvalue weighted by Crippen LogP contribution is -2.42. The number of rotatable bonds is 6. The zero-order valence-electron chi connectivity index (χ0n) is 24.5. The highest BCUT2D eigenvalue weighted by Gasteiger charge is 2.39. The van der Waals surface area contributed by atoms with Gasteiger partial charge in [-0.25, -0.2) is 13.9 Å². The summed E-state index contributed by atoms with van der Waals surface area (Å²) in [5.74, 6) is 0.124. The number of hydrogen-bond donors (Lipinski definition) is 1. The van der Waals surface area contributed by atoms with Gasteiger partial charge in [-0.15, -0.1) is 5.10 Å². The van der Waals surface area contributed by atoms with Crippen LogP contribution in [0.4, 0.5) is 9.18 Å². The third-order valence-electron chi connectivity index (χ3n) is 7.65. The first kappa shape index (κ1) is 28.7. The lowest BCUT2D eigenvalue weighted by molar-refractivity contribution is 0.0183. The van der Waals surface area contributed by atoms with Crippen LogP contribution >= 0.6 is 0 Å². The molecule has 41 heavy (non-hydrogen) atoms. The first-order chi connectivity index (χ1) is 19.4. The van der Waals surface area contributed by atoms with Crippen LogP contribution in [0.25, 0.3) is 5.76 Å². The first-order valence-corrected chi connectivity index (χ1v) is 14.0. The van der Waals surface area contributed by atoms with Crippen molar-refractivity contribution in [1.29, 1.82) is 0 Å². The molecule has 0 aliphatic carbocycles. The summed E-state index contributed by atoms with van der Waals surface area (Å²) >= 11 is 0. The Kier molecular flexibility index (Phi) is 7.62. The van der Waals surface area contributed by atoms with Gasteiger partial charge in [0, 0.05) is 18.7 Å². The van der Waals surface area contributed by atoms with Gasteiger partial charge in [0.05, 0.1) is 54.1 Å². The van der Waals surface area contributed by atoms with Crippen molar-refractivity contribution >= 4 is 11.9 Å². The van der Waals surface area contributed by atoms with Gasteiger partial charge in [-0.05, 0) is 72.6 Å². The summed E-state index contributed by atoms with van der Waals surface area (Å²) in [6, 6.07) is 3.05. The number of aliphatic hydroxyl groups is 1. The average molecular weight is 568 g/mol. The molecule has 1 amide bonds. The molecule has 0 aromatic carbocycles. The Morgan fingerprint density at radius 3 is 2.61 bits per heavy atom. The van der Waals surface area contributed by atoms with E-state index in [-0.39, 0.29) is 18.7 Å². The monoisotopic (exact) mass is 567 g/mol. The lowest BCUT2D eigenvalue weighted by Gasteiger charge is -2.34. The van der Waals surface area contributed by atoms with Crippen molar-refractivity contribution in [1.82, 2.24) is 34.7 Å². The van der Waals surface area contributed by atoms with Crippen LogP contribution in [0, 0.1) is 12.7 Å². The summed E-state index contributed by atoms with van der Waals surface area (Å²) < 4.78 is 29.2. The molecule has 220 valence electrons. The molecule has 2 aliphatic heterocycles. The number of halogens is 1. The molecule has 1 saturated heterocycles. The van der Waals surface area contributed by atoms with Crippen LogP contribution in [-0.2, 0) is 28.0 Å². The number of fused-ring (bicyclic) bond motifs is 1. The number of pyridine rings is 1. The van der Waals surface area contributed by atoms with Gasteiger partial charge < -0.3 is 19.5 Å². The second-order valence-corrected chi connectivity index (χ2v) is 12.1. The van der Waals surface area contributed by atoms with Crippen molar-refractivity contribution < 1.29 is 23.8 Å². The third kappa shape index (κ3) is 5.83. The van der Waals surface area contributed by atoms with E-state index in [2.05, 4.69) is 27.3 Å². The molecule has 5 heterocycles. The highest BCUT2D eigenvalue weighted by molar-refractivity contribution is 5.68. The predicted octanol–water partition coefficient (Wildman–Crippen LogP) is 4.47. The molecule has 1 fully saturated rings. The molecule has 2 atom stereocenters. The van der Waals surface area contributed by atoms with Crippen LogP contribution in [0.1, 0.15) is 87.9 Å². The van der Waals surface area contributed by atoms with E-state index in [1.54, 1.807) is 17.2 Å². The molecule has 0 radical (unpaired) electrons. The molecule has 2 aliphatic rings. The third-order valence-corrected chi connectivity index (χ3v) is 7.65. The average Bonchev–Trinajstić information content (AvgIpc) is 3.51.